The molecular formula is C12H21N3O2. The van der Waals surface area contributed by atoms with E-state index < -0.39 is 6.10 Å². The van der Waals surface area contributed by atoms with Gasteiger partial charge in [0.2, 0.25) is 0 Å². The minimum absolute atomic E-state index is 0.137. The molecule has 0 aliphatic heterocycles. The SMILES string of the molecule is CCOC(C)C(=O)Nc1cn(C)nc1C(C)C. The smallest absolute Gasteiger partial charge is 0.253 e. The summed E-state index contributed by atoms with van der Waals surface area (Å²) >= 11 is 0. The Balaban J connectivity index is 2.77. The molecule has 1 unspecified atom stereocenters. The predicted molar refractivity (Wildman–Crippen MR) is 67.0 cm³/mol. The van der Waals surface area contributed by atoms with Gasteiger partial charge in [-0.3, -0.25) is 9.48 Å². The monoisotopic (exact) mass is 239 g/mol. The topological polar surface area (TPSA) is 56.1 Å². The van der Waals surface area contributed by atoms with Gasteiger partial charge in [0.1, 0.15) is 6.10 Å². The molecule has 1 amide bonds. The van der Waals surface area contributed by atoms with Crippen molar-refractivity contribution >= 4 is 11.6 Å². The highest BCUT2D eigenvalue weighted by Gasteiger charge is 2.17. The molecule has 0 bridgehead atoms. The van der Waals surface area contributed by atoms with E-state index >= 15 is 0 Å². The Bertz CT molecular complexity index is 385. The normalized spacial score (nSPS) is 12.8. The molecule has 0 aliphatic carbocycles. The number of hydrogen-bond donors (Lipinski definition) is 1. The van der Waals surface area contributed by atoms with E-state index in [9.17, 15) is 4.79 Å². The minimum atomic E-state index is -0.444. The molecule has 17 heavy (non-hydrogen) atoms. The van der Waals surface area contributed by atoms with E-state index in [1.807, 2.05) is 34.0 Å². The van der Waals surface area contributed by atoms with Gasteiger partial charge < -0.3 is 10.1 Å². The molecule has 0 saturated heterocycles. The summed E-state index contributed by atoms with van der Waals surface area (Å²) in [7, 11) is 1.84. The summed E-state index contributed by atoms with van der Waals surface area (Å²) in [4.78, 5) is 11.8. The highest BCUT2D eigenvalue weighted by molar-refractivity contribution is 5.94. The lowest BCUT2D eigenvalue weighted by atomic mass is 10.1. The number of nitrogens with zero attached hydrogens (tertiary/aromatic N) is 2. The van der Waals surface area contributed by atoms with E-state index in [1.54, 1.807) is 11.6 Å². The molecule has 0 saturated carbocycles. The molecule has 0 radical (unpaired) electrons. The number of aromatic nitrogens is 2. The third-order valence-electron chi connectivity index (χ3n) is 2.45. The van der Waals surface area contributed by atoms with Gasteiger partial charge in [0.05, 0.1) is 11.4 Å². The van der Waals surface area contributed by atoms with Gasteiger partial charge in [0.25, 0.3) is 5.91 Å². The van der Waals surface area contributed by atoms with Crippen molar-refractivity contribution in [3.63, 3.8) is 0 Å². The van der Waals surface area contributed by atoms with Crippen LogP contribution in [0.2, 0.25) is 0 Å². The number of rotatable bonds is 5. The van der Waals surface area contributed by atoms with Gasteiger partial charge in [0, 0.05) is 19.9 Å². The Morgan fingerprint density at radius 2 is 2.18 bits per heavy atom. The van der Waals surface area contributed by atoms with Crippen LogP contribution in [0, 0.1) is 0 Å². The Labute approximate surface area is 102 Å². The fraction of sp³-hybridized carbons (Fsp3) is 0.667. The lowest BCUT2D eigenvalue weighted by Crippen LogP contribution is -2.28. The molecule has 1 atom stereocenters. The second-order valence-corrected chi connectivity index (χ2v) is 4.34. The summed E-state index contributed by atoms with van der Waals surface area (Å²) in [6.07, 6.45) is 1.37. The minimum Gasteiger partial charge on any atom is -0.369 e. The van der Waals surface area contributed by atoms with Crippen molar-refractivity contribution in [2.45, 2.75) is 39.7 Å². The number of anilines is 1. The molecule has 96 valence electrons. The summed E-state index contributed by atoms with van der Waals surface area (Å²) in [5.74, 6) is 0.135. The Morgan fingerprint density at radius 1 is 1.53 bits per heavy atom. The number of amides is 1. The predicted octanol–water partition coefficient (Wildman–Crippen LogP) is 1.91. The van der Waals surface area contributed by atoms with Crippen LogP contribution < -0.4 is 5.32 Å². The molecule has 0 aliphatic rings. The van der Waals surface area contributed by atoms with E-state index in [-0.39, 0.29) is 11.8 Å². The molecule has 1 heterocycles. The maximum atomic E-state index is 11.8. The van der Waals surface area contributed by atoms with E-state index in [2.05, 4.69) is 10.4 Å². The molecule has 1 rings (SSSR count). The third kappa shape index (κ3) is 3.56. The van der Waals surface area contributed by atoms with Crippen LogP contribution in [0.15, 0.2) is 6.20 Å². The first-order valence-electron chi connectivity index (χ1n) is 5.91. The van der Waals surface area contributed by atoms with Crippen molar-refractivity contribution < 1.29 is 9.53 Å². The van der Waals surface area contributed by atoms with Crippen molar-refractivity contribution in [2.75, 3.05) is 11.9 Å². The summed E-state index contributed by atoms with van der Waals surface area (Å²) in [6.45, 7) is 8.23. The first-order chi connectivity index (χ1) is 7.95. The van der Waals surface area contributed by atoms with E-state index in [0.717, 1.165) is 11.4 Å². The second kappa shape index (κ2) is 5.82. The number of aryl methyl sites for hydroxylation is 1. The van der Waals surface area contributed by atoms with Crippen LogP contribution >= 0.6 is 0 Å². The maximum Gasteiger partial charge on any atom is 0.253 e. The highest BCUT2D eigenvalue weighted by Crippen LogP contribution is 2.22. The van der Waals surface area contributed by atoms with Crippen LogP contribution in [0.1, 0.15) is 39.3 Å². The number of carbonyl (C=O) groups is 1. The third-order valence-corrected chi connectivity index (χ3v) is 2.45. The van der Waals surface area contributed by atoms with Gasteiger partial charge in [-0.15, -0.1) is 0 Å². The Hall–Kier alpha value is -1.36. The van der Waals surface area contributed by atoms with Crippen molar-refractivity contribution in [1.29, 1.82) is 0 Å². The zero-order valence-corrected chi connectivity index (χ0v) is 11.2. The average molecular weight is 239 g/mol. The molecule has 1 aromatic rings. The summed E-state index contributed by atoms with van der Waals surface area (Å²) in [5, 5.41) is 7.18. The van der Waals surface area contributed by atoms with Gasteiger partial charge in [-0.25, -0.2) is 0 Å². The van der Waals surface area contributed by atoms with Crippen LogP contribution in [0.4, 0.5) is 5.69 Å². The Kier molecular flexibility index (Phi) is 4.69. The van der Waals surface area contributed by atoms with Crippen LogP contribution in [0.25, 0.3) is 0 Å². The lowest BCUT2D eigenvalue weighted by Gasteiger charge is -2.12. The molecule has 1 aromatic heterocycles. The van der Waals surface area contributed by atoms with Crippen LogP contribution in [-0.4, -0.2) is 28.4 Å². The van der Waals surface area contributed by atoms with E-state index in [4.69, 9.17) is 4.74 Å². The van der Waals surface area contributed by atoms with Crippen LogP contribution in [0.5, 0.6) is 0 Å². The maximum absolute atomic E-state index is 11.8. The summed E-state index contributed by atoms with van der Waals surface area (Å²) in [6, 6.07) is 0. The highest BCUT2D eigenvalue weighted by atomic mass is 16.5. The summed E-state index contributed by atoms with van der Waals surface area (Å²) < 4.78 is 6.95. The second-order valence-electron chi connectivity index (χ2n) is 4.34. The summed E-state index contributed by atoms with van der Waals surface area (Å²) in [5.41, 5.74) is 1.66. The lowest BCUT2D eigenvalue weighted by molar-refractivity contribution is -0.126. The van der Waals surface area contributed by atoms with E-state index in [1.165, 1.54) is 0 Å². The number of ether oxygens (including phenoxy) is 1. The molecule has 5 heteroatoms. The zero-order valence-electron chi connectivity index (χ0n) is 11.2. The Morgan fingerprint density at radius 3 is 2.71 bits per heavy atom. The quantitative estimate of drug-likeness (QED) is 0.854. The van der Waals surface area contributed by atoms with Gasteiger partial charge in [-0.2, -0.15) is 5.10 Å². The molecule has 0 spiro atoms. The van der Waals surface area contributed by atoms with Crippen molar-refractivity contribution in [3.05, 3.63) is 11.9 Å². The van der Waals surface area contributed by atoms with Gasteiger partial charge in [0.15, 0.2) is 0 Å². The number of nitrogens with one attached hydrogen (secondary N) is 1. The number of carbonyl (C=O) groups excluding carboxylic acids is 1. The van der Waals surface area contributed by atoms with Crippen molar-refractivity contribution in [3.8, 4) is 0 Å². The van der Waals surface area contributed by atoms with Gasteiger partial charge >= 0.3 is 0 Å². The standard InChI is InChI=1S/C12H21N3O2/c1-6-17-9(4)12(16)13-10-7-15(5)14-11(10)8(2)3/h7-9H,6H2,1-5H3,(H,13,16). The molecule has 1 N–H and O–H groups in total. The van der Waals surface area contributed by atoms with Crippen LogP contribution in [0.3, 0.4) is 0 Å². The van der Waals surface area contributed by atoms with Crippen LogP contribution in [-0.2, 0) is 16.6 Å². The molecule has 0 aromatic carbocycles. The van der Waals surface area contributed by atoms with Crippen molar-refractivity contribution in [2.24, 2.45) is 7.05 Å². The average Bonchev–Trinajstić information content (AvgIpc) is 2.60. The largest absolute Gasteiger partial charge is 0.369 e. The zero-order chi connectivity index (χ0) is 13.0. The van der Waals surface area contributed by atoms with Crippen molar-refractivity contribution in [1.82, 2.24) is 9.78 Å². The molecule has 0 fully saturated rings. The van der Waals surface area contributed by atoms with E-state index in [0.29, 0.717) is 6.61 Å². The molecule has 5 nitrogen and oxygen atoms in total. The fourth-order valence-electron chi connectivity index (χ4n) is 1.59. The van der Waals surface area contributed by atoms with Gasteiger partial charge in [-0.05, 0) is 19.8 Å². The number of hydrogen-bond acceptors (Lipinski definition) is 3. The van der Waals surface area contributed by atoms with Gasteiger partial charge in [-0.1, -0.05) is 13.8 Å². The first kappa shape index (κ1) is 13.7. The molecular weight excluding hydrogens is 218 g/mol. The fourth-order valence-corrected chi connectivity index (χ4v) is 1.59. The first-order valence-corrected chi connectivity index (χ1v) is 5.91.